The van der Waals surface area contributed by atoms with Crippen LogP contribution < -0.4 is 4.74 Å². The highest BCUT2D eigenvalue weighted by Crippen LogP contribution is 2.26. The van der Waals surface area contributed by atoms with E-state index in [0.29, 0.717) is 11.4 Å². The van der Waals surface area contributed by atoms with Crippen molar-refractivity contribution in [2.75, 3.05) is 7.11 Å². The first-order valence-corrected chi connectivity index (χ1v) is 6.50. The monoisotopic (exact) mass is 296 g/mol. The molecule has 0 radical (unpaired) electrons. The maximum Gasteiger partial charge on any atom is 0.336 e. The molecule has 0 fully saturated rings. The van der Waals surface area contributed by atoms with Gasteiger partial charge in [-0.05, 0) is 36.4 Å². The Balaban J connectivity index is 1.98. The Morgan fingerprint density at radius 2 is 1.86 bits per heavy atom. The zero-order chi connectivity index (χ0) is 15.5. The number of carboxylic acids is 1. The van der Waals surface area contributed by atoms with Gasteiger partial charge in [-0.25, -0.2) is 4.79 Å². The molecule has 0 aliphatic heterocycles. The summed E-state index contributed by atoms with van der Waals surface area (Å²) in [4.78, 5) is 15.5. The Hall–Kier alpha value is -3.15. The minimum atomic E-state index is -1.04. The lowest BCUT2D eigenvalue weighted by molar-refractivity contribution is 0.0697. The molecule has 0 saturated carbocycles. The van der Waals surface area contributed by atoms with Crippen molar-refractivity contribution >= 4 is 5.97 Å². The van der Waals surface area contributed by atoms with Crippen molar-refractivity contribution in [1.29, 1.82) is 0 Å². The summed E-state index contributed by atoms with van der Waals surface area (Å²) in [6.45, 7) is 0. The predicted molar refractivity (Wildman–Crippen MR) is 78.7 cm³/mol. The summed E-state index contributed by atoms with van der Waals surface area (Å²) in [5.74, 6) is 0.241. The van der Waals surface area contributed by atoms with Crippen molar-refractivity contribution in [1.82, 2.24) is 10.1 Å². The molecular formula is C16H12N2O4. The summed E-state index contributed by atoms with van der Waals surface area (Å²) in [5, 5.41) is 13.1. The van der Waals surface area contributed by atoms with Crippen LogP contribution in [-0.2, 0) is 0 Å². The molecule has 22 heavy (non-hydrogen) atoms. The van der Waals surface area contributed by atoms with Crippen LogP contribution in [0.5, 0.6) is 5.75 Å². The second-order valence-electron chi connectivity index (χ2n) is 4.50. The molecule has 1 heterocycles. The zero-order valence-corrected chi connectivity index (χ0v) is 11.7. The maximum absolute atomic E-state index is 11.2. The maximum atomic E-state index is 11.2. The van der Waals surface area contributed by atoms with E-state index in [1.165, 1.54) is 6.07 Å². The second-order valence-corrected chi connectivity index (χ2v) is 4.50. The van der Waals surface area contributed by atoms with Gasteiger partial charge in [-0.15, -0.1) is 0 Å². The molecule has 3 rings (SSSR count). The van der Waals surface area contributed by atoms with E-state index in [1.807, 2.05) is 0 Å². The Morgan fingerprint density at radius 1 is 1.14 bits per heavy atom. The number of aromatic nitrogens is 2. The molecule has 0 aliphatic carbocycles. The molecule has 0 saturated heterocycles. The molecular weight excluding hydrogens is 284 g/mol. The summed E-state index contributed by atoms with van der Waals surface area (Å²) in [6.07, 6.45) is 0. The Kier molecular flexibility index (Phi) is 3.57. The smallest absolute Gasteiger partial charge is 0.336 e. The zero-order valence-electron chi connectivity index (χ0n) is 11.7. The number of rotatable bonds is 4. The van der Waals surface area contributed by atoms with E-state index < -0.39 is 5.97 Å². The minimum absolute atomic E-state index is 0.118. The SMILES string of the molecule is COc1ccc(-c2noc(-c3ccccc3C(=O)O)n2)cc1. The van der Waals surface area contributed by atoms with E-state index in [-0.39, 0.29) is 11.5 Å². The van der Waals surface area contributed by atoms with Crippen molar-refractivity contribution in [3.8, 4) is 28.6 Å². The normalized spacial score (nSPS) is 10.4. The number of hydrogen-bond donors (Lipinski definition) is 1. The highest BCUT2D eigenvalue weighted by atomic mass is 16.5. The van der Waals surface area contributed by atoms with Gasteiger partial charge in [0, 0.05) is 5.56 Å². The van der Waals surface area contributed by atoms with Crippen LogP contribution in [0.4, 0.5) is 0 Å². The number of hydrogen-bond acceptors (Lipinski definition) is 5. The van der Waals surface area contributed by atoms with Crippen LogP contribution in [0.1, 0.15) is 10.4 Å². The van der Waals surface area contributed by atoms with Gasteiger partial charge in [-0.3, -0.25) is 0 Å². The molecule has 6 heteroatoms. The van der Waals surface area contributed by atoms with E-state index in [0.717, 1.165) is 11.3 Å². The molecule has 0 atom stereocenters. The lowest BCUT2D eigenvalue weighted by atomic mass is 10.1. The largest absolute Gasteiger partial charge is 0.497 e. The van der Waals surface area contributed by atoms with E-state index >= 15 is 0 Å². The van der Waals surface area contributed by atoms with Crippen LogP contribution >= 0.6 is 0 Å². The van der Waals surface area contributed by atoms with Crippen LogP contribution in [-0.4, -0.2) is 28.3 Å². The summed E-state index contributed by atoms with van der Waals surface area (Å²) < 4.78 is 10.3. The molecule has 1 N–H and O–H groups in total. The van der Waals surface area contributed by atoms with Gasteiger partial charge >= 0.3 is 5.97 Å². The molecule has 2 aromatic carbocycles. The third-order valence-corrected chi connectivity index (χ3v) is 3.16. The van der Waals surface area contributed by atoms with Crippen molar-refractivity contribution < 1.29 is 19.2 Å². The fourth-order valence-corrected chi connectivity index (χ4v) is 2.05. The second kappa shape index (κ2) is 5.69. The summed E-state index contributed by atoms with van der Waals surface area (Å²) in [5.41, 5.74) is 1.26. The van der Waals surface area contributed by atoms with Crippen molar-refractivity contribution in [3.05, 3.63) is 54.1 Å². The van der Waals surface area contributed by atoms with Gasteiger partial charge < -0.3 is 14.4 Å². The molecule has 0 bridgehead atoms. The van der Waals surface area contributed by atoms with Crippen molar-refractivity contribution in [3.63, 3.8) is 0 Å². The van der Waals surface area contributed by atoms with Gasteiger partial charge in [-0.1, -0.05) is 17.3 Å². The first kappa shape index (κ1) is 13.8. The average molecular weight is 296 g/mol. The van der Waals surface area contributed by atoms with Crippen LogP contribution in [0.2, 0.25) is 0 Å². The van der Waals surface area contributed by atoms with Crippen LogP contribution in [0.15, 0.2) is 53.1 Å². The van der Waals surface area contributed by atoms with Gasteiger partial charge in [0.05, 0.1) is 18.2 Å². The highest BCUT2D eigenvalue weighted by molar-refractivity contribution is 5.94. The number of methoxy groups -OCH3 is 1. The number of aromatic carboxylic acids is 1. The van der Waals surface area contributed by atoms with Crippen molar-refractivity contribution in [2.45, 2.75) is 0 Å². The fraction of sp³-hybridized carbons (Fsp3) is 0.0625. The van der Waals surface area contributed by atoms with Crippen LogP contribution in [0.3, 0.4) is 0 Å². The quantitative estimate of drug-likeness (QED) is 0.796. The molecule has 0 unspecified atom stereocenters. The topological polar surface area (TPSA) is 85.5 Å². The third kappa shape index (κ3) is 2.54. The standard InChI is InChI=1S/C16H12N2O4/c1-21-11-8-6-10(7-9-11)14-17-15(22-18-14)12-4-2-3-5-13(12)16(19)20/h2-9H,1H3,(H,19,20). The minimum Gasteiger partial charge on any atom is -0.497 e. The molecule has 0 spiro atoms. The summed E-state index contributed by atoms with van der Waals surface area (Å²) in [7, 11) is 1.59. The molecule has 3 aromatic rings. The number of nitrogens with zero attached hydrogens (tertiary/aromatic N) is 2. The number of carbonyl (C=O) groups is 1. The van der Waals surface area contributed by atoms with Crippen LogP contribution in [0, 0.1) is 0 Å². The summed E-state index contributed by atoms with van der Waals surface area (Å²) in [6, 6.07) is 13.7. The first-order chi connectivity index (χ1) is 10.7. The molecule has 6 nitrogen and oxygen atoms in total. The van der Waals surface area contributed by atoms with Gasteiger partial charge in [0.25, 0.3) is 5.89 Å². The Labute approximate surface area is 126 Å². The average Bonchev–Trinajstić information content (AvgIpc) is 3.04. The van der Waals surface area contributed by atoms with Gasteiger partial charge in [0.1, 0.15) is 5.75 Å². The number of benzene rings is 2. The highest BCUT2D eigenvalue weighted by Gasteiger charge is 2.17. The Bertz CT molecular complexity index is 809. The molecule has 110 valence electrons. The first-order valence-electron chi connectivity index (χ1n) is 6.50. The van der Waals surface area contributed by atoms with E-state index in [4.69, 9.17) is 9.26 Å². The van der Waals surface area contributed by atoms with Gasteiger partial charge in [0.2, 0.25) is 5.82 Å². The van der Waals surface area contributed by atoms with Gasteiger partial charge in [-0.2, -0.15) is 4.98 Å². The van der Waals surface area contributed by atoms with E-state index in [9.17, 15) is 9.90 Å². The lowest BCUT2D eigenvalue weighted by Gasteiger charge is -2.00. The summed E-state index contributed by atoms with van der Waals surface area (Å²) >= 11 is 0. The van der Waals surface area contributed by atoms with Crippen molar-refractivity contribution in [2.24, 2.45) is 0 Å². The fourth-order valence-electron chi connectivity index (χ4n) is 2.05. The number of carboxylic acid groups (broad SMARTS) is 1. The third-order valence-electron chi connectivity index (χ3n) is 3.16. The Morgan fingerprint density at radius 3 is 2.55 bits per heavy atom. The molecule has 1 aromatic heterocycles. The van der Waals surface area contributed by atoms with Gasteiger partial charge in [0.15, 0.2) is 0 Å². The number of ether oxygens (including phenoxy) is 1. The lowest BCUT2D eigenvalue weighted by Crippen LogP contribution is -1.99. The molecule has 0 amide bonds. The van der Waals surface area contributed by atoms with Crippen LogP contribution in [0.25, 0.3) is 22.8 Å². The molecule has 0 aliphatic rings. The van der Waals surface area contributed by atoms with E-state index in [1.54, 1.807) is 49.6 Å². The van der Waals surface area contributed by atoms with E-state index in [2.05, 4.69) is 10.1 Å². The predicted octanol–water partition coefficient (Wildman–Crippen LogP) is 3.11.